The molecule has 1 aliphatic rings. The molecule has 1 heterocycles. The summed E-state index contributed by atoms with van der Waals surface area (Å²) in [6.45, 7) is 1.21. The van der Waals surface area contributed by atoms with Crippen LogP contribution in [0, 0.1) is 0 Å². The van der Waals surface area contributed by atoms with Gasteiger partial charge >= 0.3 is 0 Å². The van der Waals surface area contributed by atoms with Crippen LogP contribution in [0.15, 0.2) is 48.5 Å². The molecule has 2 aromatic rings. The average molecular weight is 353 g/mol. The number of nitrogens with zero attached hydrogens (tertiary/aromatic N) is 1. The van der Waals surface area contributed by atoms with E-state index < -0.39 is 0 Å². The Kier molecular flexibility index (Phi) is 5.73. The van der Waals surface area contributed by atoms with Gasteiger partial charge in [0, 0.05) is 37.0 Å². The highest BCUT2D eigenvalue weighted by Gasteiger charge is 2.21. The van der Waals surface area contributed by atoms with Gasteiger partial charge in [0.15, 0.2) is 6.61 Å². The number of nitrogens with one attached hydrogen (secondary N) is 1. The minimum atomic E-state index is -0.178. The molecule has 0 saturated carbocycles. The van der Waals surface area contributed by atoms with Gasteiger partial charge in [-0.15, -0.1) is 0 Å². The molecule has 1 saturated heterocycles. The summed E-state index contributed by atoms with van der Waals surface area (Å²) in [4.78, 5) is 25.5. The van der Waals surface area contributed by atoms with E-state index in [2.05, 4.69) is 5.32 Å². The fraction of sp³-hybridized carbons (Fsp3) is 0.300. The molecule has 136 valence electrons. The monoisotopic (exact) mass is 353 g/mol. The van der Waals surface area contributed by atoms with Crippen LogP contribution < -0.4 is 20.7 Å². The summed E-state index contributed by atoms with van der Waals surface area (Å²) in [5.41, 5.74) is 8.30. The lowest BCUT2D eigenvalue weighted by molar-refractivity contribution is -0.123. The third-order valence-corrected chi connectivity index (χ3v) is 4.29. The van der Waals surface area contributed by atoms with Crippen LogP contribution in [0.25, 0.3) is 0 Å². The maximum Gasteiger partial charge on any atom is 0.257 e. The van der Waals surface area contributed by atoms with E-state index >= 15 is 0 Å². The van der Waals surface area contributed by atoms with Crippen molar-refractivity contribution in [3.63, 3.8) is 0 Å². The number of ether oxygens (including phenoxy) is 1. The van der Waals surface area contributed by atoms with Crippen molar-refractivity contribution in [3.05, 3.63) is 54.1 Å². The van der Waals surface area contributed by atoms with Gasteiger partial charge in [-0.25, -0.2) is 0 Å². The smallest absolute Gasteiger partial charge is 0.257 e. The number of benzene rings is 2. The second-order valence-electron chi connectivity index (χ2n) is 6.28. The largest absolute Gasteiger partial charge is 0.484 e. The third-order valence-electron chi connectivity index (χ3n) is 4.29. The second-order valence-corrected chi connectivity index (χ2v) is 6.28. The quantitative estimate of drug-likeness (QED) is 0.747. The highest BCUT2D eigenvalue weighted by Crippen LogP contribution is 2.25. The minimum absolute atomic E-state index is 0.0564. The van der Waals surface area contributed by atoms with Crippen LogP contribution in [0.5, 0.6) is 5.75 Å². The summed E-state index contributed by atoms with van der Waals surface area (Å²) in [5.74, 6) is 0.529. The first-order valence-electron chi connectivity index (χ1n) is 8.76. The van der Waals surface area contributed by atoms with Crippen molar-refractivity contribution in [1.29, 1.82) is 0 Å². The van der Waals surface area contributed by atoms with Crippen molar-refractivity contribution < 1.29 is 14.3 Å². The number of nitrogens with two attached hydrogens (primary N) is 1. The molecule has 1 aliphatic heterocycles. The summed E-state index contributed by atoms with van der Waals surface area (Å²) in [5, 5.41) is 2.83. The topological polar surface area (TPSA) is 84.7 Å². The lowest BCUT2D eigenvalue weighted by Gasteiger charge is -2.16. The number of carbonyl (C=O) groups is 2. The number of hydrogen-bond acceptors (Lipinski definition) is 4. The summed E-state index contributed by atoms with van der Waals surface area (Å²) in [7, 11) is 0. The Morgan fingerprint density at radius 2 is 2.00 bits per heavy atom. The van der Waals surface area contributed by atoms with Crippen LogP contribution in [0.3, 0.4) is 0 Å². The predicted octanol–water partition coefficient (Wildman–Crippen LogP) is 2.13. The summed E-state index contributed by atoms with van der Waals surface area (Å²) < 4.78 is 5.56. The number of hydrogen-bond donors (Lipinski definition) is 2. The molecule has 0 spiro atoms. The van der Waals surface area contributed by atoms with E-state index in [0.717, 1.165) is 36.3 Å². The molecule has 26 heavy (non-hydrogen) atoms. The summed E-state index contributed by atoms with van der Waals surface area (Å²) >= 11 is 0. The van der Waals surface area contributed by atoms with Gasteiger partial charge in [-0.1, -0.05) is 18.2 Å². The van der Waals surface area contributed by atoms with Crippen molar-refractivity contribution >= 4 is 23.2 Å². The van der Waals surface area contributed by atoms with Crippen molar-refractivity contribution in [2.45, 2.75) is 19.3 Å². The lowest BCUT2D eigenvalue weighted by atomic mass is 10.1. The number of nitrogen functional groups attached to an aromatic ring is 1. The molecule has 0 aromatic heterocycles. The van der Waals surface area contributed by atoms with Gasteiger partial charge < -0.3 is 20.7 Å². The normalized spacial score (nSPS) is 13.7. The lowest BCUT2D eigenvalue weighted by Crippen LogP contribution is -2.30. The molecule has 3 rings (SSSR count). The molecule has 3 N–H and O–H groups in total. The van der Waals surface area contributed by atoms with Crippen LogP contribution in [-0.2, 0) is 16.0 Å². The van der Waals surface area contributed by atoms with E-state index in [1.165, 1.54) is 0 Å². The molecule has 0 unspecified atom stereocenters. The van der Waals surface area contributed by atoms with Crippen LogP contribution >= 0.6 is 0 Å². The highest BCUT2D eigenvalue weighted by atomic mass is 16.5. The molecule has 2 aromatic carbocycles. The number of amides is 2. The molecule has 0 atom stereocenters. The van der Waals surface area contributed by atoms with E-state index in [1.54, 1.807) is 17.0 Å². The Morgan fingerprint density at radius 1 is 1.19 bits per heavy atom. The van der Waals surface area contributed by atoms with Crippen molar-refractivity contribution in [3.8, 4) is 5.75 Å². The fourth-order valence-electron chi connectivity index (χ4n) is 2.89. The van der Waals surface area contributed by atoms with E-state index in [1.807, 2.05) is 36.4 Å². The van der Waals surface area contributed by atoms with Gasteiger partial charge in [0.1, 0.15) is 5.75 Å². The first-order valence-corrected chi connectivity index (χ1v) is 8.76. The van der Waals surface area contributed by atoms with Crippen LogP contribution in [0.2, 0.25) is 0 Å². The average Bonchev–Trinajstić information content (AvgIpc) is 3.08. The van der Waals surface area contributed by atoms with Crippen molar-refractivity contribution in [1.82, 2.24) is 5.32 Å². The molecule has 0 radical (unpaired) electrons. The van der Waals surface area contributed by atoms with Crippen LogP contribution in [0.1, 0.15) is 18.4 Å². The van der Waals surface area contributed by atoms with Crippen LogP contribution in [-0.4, -0.2) is 31.5 Å². The SMILES string of the molecule is Nc1ccc(CCNC(=O)COc2cccc(N3CCCC3=O)c2)cc1. The Hall–Kier alpha value is -3.02. The zero-order valence-corrected chi connectivity index (χ0v) is 14.6. The first kappa shape index (κ1) is 17.8. The Morgan fingerprint density at radius 3 is 2.73 bits per heavy atom. The van der Waals surface area contributed by atoms with E-state index in [0.29, 0.717) is 18.7 Å². The molecule has 0 aliphatic carbocycles. The second kappa shape index (κ2) is 8.38. The number of rotatable bonds is 7. The zero-order valence-electron chi connectivity index (χ0n) is 14.6. The molecular formula is C20H23N3O3. The summed E-state index contributed by atoms with van der Waals surface area (Å²) in [6, 6.07) is 14.9. The standard InChI is InChI=1S/C20H23N3O3/c21-16-8-6-15(7-9-16)10-11-22-19(24)14-26-18-4-1-3-17(13-18)23-12-2-5-20(23)25/h1,3-4,6-9,13H,2,5,10-12,14,21H2,(H,22,24). The zero-order chi connectivity index (χ0) is 18.4. The third kappa shape index (κ3) is 4.75. The van der Waals surface area contributed by atoms with Gasteiger partial charge in [0.05, 0.1) is 0 Å². The Bertz CT molecular complexity index is 774. The molecule has 6 heteroatoms. The first-order chi connectivity index (χ1) is 12.6. The fourth-order valence-corrected chi connectivity index (χ4v) is 2.89. The molecule has 2 amide bonds. The van der Waals surface area contributed by atoms with E-state index in [9.17, 15) is 9.59 Å². The van der Waals surface area contributed by atoms with Gasteiger partial charge in [-0.3, -0.25) is 9.59 Å². The van der Waals surface area contributed by atoms with Crippen molar-refractivity contribution in [2.24, 2.45) is 0 Å². The van der Waals surface area contributed by atoms with Crippen LogP contribution in [0.4, 0.5) is 11.4 Å². The van der Waals surface area contributed by atoms with Gasteiger partial charge in [-0.05, 0) is 42.7 Å². The van der Waals surface area contributed by atoms with Gasteiger partial charge in [0.2, 0.25) is 5.91 Å². The molecule has 6 nitrogen and oxygen atoms in total. The Balaban J connectivity index is 1.44. The maximum absolute atomic E-state index is 11.9. The number of carbonyl (C=O) groups excluding carboxylic acids is 2. The summed E-state index contributed by atoms with van der Waals surface area (Å²) in [6.07, 6.45) is 2.19. The number of anilines is 2. The molecule has 1 fully saturated rings. The Labute approximate surface area is 152 Å². The van der Waals surface area contributed by atoms with E-state index in [4.69, 9.17) is 10.5 Å². The molecular weight excluding hydrogens is 330 g/mol. The molecule has 0 bridgehead atoms. The maximum atomic E-state index is 11.9. The minimum Gasteiger partial charge on any atom is -0.484 e. The van der Waals surface area contributed by atoms with E-state index in [-0.39, 0.29) is 18.4 Å². The van der Waals surface area contributed by atoms with Gasteiger partial charge in [-0.2, -0.15) is 0 Å². The van der Waals surface area contributed by atoms with Gasteiger partial charge in [0.25, 0.3) is 5.91 Å². The highest BCUT2D eigenvalue weighted by molar-refractivity contribution is 5.95. The van der Waals surface area contributed by atoms with Crippen molar-refractivity contribution in [2.75, 3.05) is 30.3 Å². The predicted molar refractivity (Wildman–Crippen MR) is 101 cm³/mol.